The summed E-state index contributed by atoms with van der Waals surface area (Å²) in [5, 5.41) is 10.9. The van der Waals surface area contributed by atoms with Crippen LogP contribution in [0.2, 0.25) is 0 Å². The zero-order valence-corrected chi connectivity index (χ0v) is 14.1. The van der Waals surface area contributed by atoms with E-state index in [1.165, 1.54) is 0 Å². The molecule has 0 spiro atoms. The van der Waals surface area contributed by atoms with Crippen molar-refractivity contribution in [3.63, 3.8) is 0 Å². The van der Waals surface area contributed by atoms with E-state index in [9.17, 15) is 14.7 Å². The SMILES string of the molecule is O=C(NNC(=O)c1c[nH]c2ccccc12)c1cc2c(cc1O)CCCC2. The van der Waals surface area contributed by atoms with Crippen molar-refractivity contribution < 1.29 is 14.7 Å². The van der Waals surface area contributed by atoms with Crippen LogP contribution >= 0.6 is 0 Å². The molecule has 132 valence electrons. The van der Waals surface area contributed by atoms with E-state index in [-0.39, 0.29) is 11.3 Å². The van der Waals surface area contributed by atoms with Crippen LogP contribution in [0.4, 0.5) is 0 Å². The number of nitrogens with one attached hydrogen (secondary N) is 3. The molecule has 0 aliphatic heterocycles. The fraction of sp³-hybridized carbons (Fsp3) is 0.200. The van der Waals surface area contributed by atoms with Crippen molar-refractivity contribution in [2.75, 3.05) is 0 Å². The van der Waals surface area contributed by atoms with Gasteiger partial charge < -0.3 is 10.1 Å². The molecule has 0 fully saturated rings. The number of H-pyrrole nitrogens is 1. The number of fused-ring (bicyclic) bond motifs is 2. The Morgan fingerprint density at radius 3 is 2.35 bits per heavy atom. The van der Waals surface area contributed by atoms with Crippen LogP contribution < -0.4 is 10.9 Å². The van der Waals surface area contributed by atoms with Gasteiger partial charge in [0.25, 0.3) is 11.8 Å². The van der Waals surface area contributed by atoms with Gasteiger partial charge in [-0.3, -0.25) is 20.4 Å². The minimum atomic E-state index is -0.538. The number of aromatic amines is 1. The number of aromatic nitrogens is 1. The number of amides is 2. The molecular weight excluding hydrogens is 330 g/mol. The summed E-state index contributed by atoms with van der Waals surface area (Å²) in [6, 6.07) is 10.8. The van der Waals surface area contributed by atoms with Crippen LogP contribution in [0.5, 0.6) is 5.75 Å². The van der Waals surface area contributed by atoms with Gasteiger partial charge in [-0.1, -0.05) is 18.2 Å². The lowest BCUT2D eigenvalue weighted by Gasteiger charge is -2.17. The van der Waals surface area contributed by atoms with Crippen LogP contribution in [-0.2, 0) is 12.8 Å². The van der Waals surface area contributed by atoms with E-state index in [4.69, 9.17) is 0 Å². The number of aromatic hydroxyl groups is 1. The molecule has 0 saturated heterocycles. The van der Waals surface area contributed by atoms with Gasteiger partial charge in [-0.15, -0.1) is 0 Å². The molecule has 0 unspecified atom stereocenters. The third-order valence-electron chi connectivity index (χ3n) is 4.83. The lowest BCUT2D eigenvalue weighted by molar-refractivity contribution is 0.0846. The van der Waals surface area contributed by atoms with Gasteiger partial charge in [0.1, 0.15) is 5.75 Å². The minimum Gasteiger partial charge on any atom is -0.507 e. The molecule has 0 atom stereocenters. The number of carbonyl (C=O) groups is 2. The highest BCUT2D eigenvalue weighted by Gasteiger charge is 2.19. The van der Waals surface area contributed by atoms with E-state index in [1.54, 1.807) is 18.3 Å². The van der Waals surface area contributed by atoms with E-state index in [2.05, 4.69) is 15.8 Å². The highest BCUT2D eigenvalue weighted by Crippen LogP contribution is 2.28. The van der Waals surface area contributed by atoms with Crippen LogP contribution in [-0.4, -0.2) is 21.9 Å². The first-order valence-corrected chi connectivity index (χ1v) is 8.65. The first kappa shape index (κ1) is 16.2. The van der Waals surface area contributed by atoms with Crippen molar-refractivity contribution >= 4 is 22.7 Å². The Balaban J connectivity index is 1.49. The summed E-state index contributed by atoms with van der Waals surface area (Å²) in [7, 11) is 0. The maximum Gasteiger partial charge on any atom is 0.273 e. The van der Waals surface area contributed by atoms with E-state index >= 15 is 0 Å². The van der Waals surface area contributed by atoms with Gasteiger partial charge in [0.05, 0.1) is 11.1 Å². The van der Waals surface area contributed by atoms with Crippen molar-refractivity contribution in [1.82, 2.24) is 15.8 Å². The summed E-state index contributed by atoms with van der Waals surface area (Å²) in [4.78, 5) is 27.8. The first-order valence-electron chi connectivity index (χ1n) is 8.65. The lowest BCUT2D eigenvalue weighted by Crippen LogP contribution is -2.41. The fourth-order valence-corrected chi connectivity index (χ4v) is 3.46. The molecular formula is C20H19N3O3. The molecule has 1 aromatic heterocycles. The number of carbonyl (C=O) groups excluding carboxylic acids is 2. The number of phenols is 1. The van der Waals surface area contributed by atoms with Gasteiger partial charge in [0.15, 0.2) is 0 Å². The largest absolute Gasteiger partial charge is 0.507 e. The average Bonchev–Trinajstić information content (AvgIpc) is 3.09. The zero-order valence-electron chi connectivity index (χ0n) is 14.1. The van der Waals surface area contributed by atoms with Crippen LogP contribution in [0.25, 0.3) is 10.9 Å². The number of hydrazine groups is 1. The monoisotopic (exact) mass is 349 g/mol. The highest BCUT2D eigenvalue weighted by atomic mass is 16.3. The highest BCUT2D eigenvalue weighted by molar-refractivity contribution is 6.07. The number of para-hydroxylation sites is 1. The molecule has 0 bridgehead atoms. The van der Waals surface area contributed by atoms with E-state index in [1.807, 2.05) is 24.3 Å². The number of aryl methyl sites for hydroxylation is 2. The number of phenolic OH excluding ortho intramolecular Hbond substituents is 1. The maximum absolute atomic E-state index is 12.4. The van der Waals surface area contributed by atoms with Crippen molar-refractivity contribution in [3.05, 3.63) is 64.8 Å². The Hall–Kier alpha value is -3.28. The number of hydrogen-bond acceptors (Lipinski definition) is 3. The molecule has 0 radical (unpaired) electrons. The Morgan fingerprint density at radius 2 is 1.58 bits per heavy atom. The smallest absolute Gasteiger partial charge is 0.273 e. The molecule has 6 heteroatoms. The molecule has 3 aromatic rings. The summed E-state index contributed by atoms with van der Waals surface area (Å²) < 4.78 is 0. The molecule has 26 heavy (non-hydrogen) atoms. The predicted molar refractivity (Wildman–Crippen MR) is 98.0 cm³/mol. The van der Waals surface area contributed by atoms with Gasteiger partial charge in [0.2, 0.25) is 0 Å². The summed E-state index contributed by atoms with van der Waals surface area (Å²) >= 11 is 0. The Bertz CT molecular complexity index is 1010. The Kier molecular flexibility index (Phi) is 4.08. The Morgan fingerprint density at radius 1 is 0.923 bits per heavy atom. The molecule has 1 aliphatic rings. The van der Waals surface area contributed by atoms with E-state index in [0.29, 0.717) is 5.56 Å². The topological polar surface area (TPSA) is 94.2 Å². The van der Waals surface area contributed by atoms with Gasteiger partial charge >= 0.3 is 0 Å². The van der Waals surface area contributed by atoms with Crippen molar-refractivity contribution in [2.24, 2.45) is 0 Å². The summed E-state index contributed by atoms with van der Waals surface area (Å²) in [5.41, 5.74) is 8.43. The molecule has 1 heterocycles. The van der Waals surface area contributed by atoms with Gasteiger partial charge in [-0.05, 0) is 55.0 Å². The zero-order chi connectivity index (χ0) is 18.1. The molecule has 4 N–H and O–H groups in total. The number of hydrogen-bond donors (Lipinski definition) is 4. The third-order valence-corrected chi connectivity index (χ3v) is 4.83. The van der Waals surface area contributed by atoms with Crippen molar-refractivity contribution in [1.29, 1.82) is 0 Å². The second-order valence-corrected chi connectivity index (χ2v) is 6.50. The van der Waals surface area contributed by atoms with Gasteiger partial charge in [0, 0.05) is 17.1 Å². The minimum absolute atomic E-state index is 0.0653. The molecule has 2 amide bonds. The molecule has 4 rings (SSSR count). The van der Waals surface area contributed by atoms with Crippen LogP contribution in [0, 0.1) is 0 Å². The number of rotatable bonds is 2. The molecule has 6 nitrogen and oxygen atoms in total. The molecule has 1 aliphatic carbocycles. The molecule has 0 saturated carbocycles. The summed E-state index contributed by atoms with van der Waals surface area (Å²) in [6.45, 7) is 0. The van der Waals surface area contributed by atoms with E-state index < -0.39 is 11.8 Å². The molecule has 2 aromatic carbocycles. The van der Waals surface area contributed by atoms with Crippen LogP contribution in [0.3, 0.4) is 0 Å². The predicted octanol–water partition coefficient (Wildman–Crippen LogP) is 2.83. The van der Waals surface area contributed by atoms with Gasteiger partial charge in [-0.2, -0.15) is 0 Å². The average molecular weight is 349 g/mol. The van der Waals surface area contributed by atoms with Crippen molar-refractivity contribution in [2.45, 2.75) is 25.7 Å². The summed E-state index contributed by atoms with van der Waals surface area (Å²) in [6.07, 6.45) is 5.59. The Labute approximate surface area is 150 Å². The van der Waals surface area contributed by atoms with Crippen molar-refractivity contribution in [3.8, 4) is 5.75 Å². The van der Waals surface area contributed by atoms with Crippen LogP contribution in [0.15, 0.2) is 42.6 Å². The first-order chi connectivity index (χ1) is 12.6. The number of benzene rings is 2. The quantitative estimate of drug-likeness (QED) is 0.536. The van der Waals surface area contributed by atoms with E-state index in [0.717, 1.165) is 47.7 Å². The fourth-order valence-electron chi connectivity index (χ4n) is 3.46. The lowest BCUT2D eigenvalue weighted by atomic mass is 9.90. The normalized spacial score (nSPS) is 13.2. The third kappa shape index (κ3) is 2.90. The van der Waals surface area contributed by atoms with Gasteiger partial charge in [-0.25, -0.2) is 0 Å². The standard InChI is InChI=1S/C20H19N3O3/c24-18-10-13-6-2-1-5-12(13)9-15(18)19(25)22-23-20(26)16-11-21-17-8-4-3-7-14(16)17/h3-4,7-11,21,24H,1-2,5-6H2,(H,22,25)(H,23,26). The van der Waals surface area contributed by atoms with Crippen LogP contribution in [0.1, 0.15) is 44.7 Å². The summed E-state index contributed by atoms with van der Waals surface area (Å²) in [5.74, 6) is -1.03. The maximum atomic E-state index is 12.4. The second-order valence-electron chi connectivity index (χ2n) is 6.50. The second kappa shape index (κ2) is 6.55.